The molecule has 4 nitrogen and oxygen atoms in total. The number of rotatable bonds is 5. The van der Waals surface area contributed by atoms with Crippen molar-refractivity contribution in [2.45, 2.75) is 25.2 Å². The molecule has 0 saturated carbocycles. The van der Waals surface area contributed by atoms with Crippen molar-refractivity contribution < 1.29 is 13.2 Å². The molecule has 2 aromatic carbocycles. The standard InChI is InChI=1S/C16H18ClNO3S/c1-4-12-5-7-13(8-6-12)18-22(19,20)16-10-14(17)11(2)9-15(16)21-3/h5-10,18H,4H2,1-3H3. The smallest absolute Gasteiger partial charge is 0.265 e. The molecule has 0 aliphatic heterocycles. The summed E-state index contributed by atoms with van der Waals surface area (Å²) < 4.78 is 32.8. The Morgan fingerprint density at radius 2 is 1.82 bits per heavy atom. The molecule has 1 N–H and O–H groups in total. The highest BCUT2D eigenvalue weighted by Gasteiger charge is 2.21. The van der Waals surface area contributed by atoms with E-state index in [1.54, 1.807) is 25.1 Å². The number of ether oxygens (including phenoxy) is 1. The van der Waals surface area contributed by atoms with Gasteiger partial charge in [0.15, 0.2) is 0 Å². The molecule has 0 spiro atoms. The van der Waals surface area contributed by atoms with Gasteiger partial charge >= 0.3 is 0 Å². The molecule has 0 heterocycles. The molecular weight excluding hydrogens is 322 g/mol. The van der Waals surface area contributed by atoms with Crippen molar-refractivity contribution in [3.63, 3.8) is 0 Å². The van der Waals surface area contributed by atoms with Crippen molar-refractivity contribution in [2.24, 2.45) is 0 Å². The van der Waals surface area contributed by atoms with Gasteiger partial charge in [0.05, 0.1) is 7.11 Å². The van der Waals surface area contributed by atoms with Crippen LogP contribution in [0.25, 0.3) is 0 Å². The molecule has 0 bridgehead atoms. The lowest BCUT2D eigenvalue weighted by molar-refractivity contribution is 0.402. The molecular formula is C16H18ClNO3S. The van der Waals surface area contributed by atoms with E-state index in [1.807, 2.05) is 19.1 Å². The molecule has 118 valence electrons. The maximum Gasteiger partial charge on any atom is 0.265 e. The predicted molar refractivity (Wildman–Crippen MR) is 89.4 cm³/mol. The molecule has 0 fully saturated rings. The first-order valence-corrected chi connectivity index (χ1v) is 8.69. The van der Waals surface area contributed by atoms with Gasteiger partial charge in [0.1, 0.15) is 10.6 Å². The molecule has 2 rings (SSSR count). The van der Waals surface area contributed by atoms with Crippen LogP contribution in [0.2, 0.25) is 5.02 Å². The number of nitrogens with one attached hydrogen (secondary N) is 1. The third-order valence-corrected chi connectivity index (χ3v) is 5.16. The number of hydrogen-bond donors (Lipinski definition) is 1. The third kappa shape index (κ3) is 3.54. The summed E-state index contributed by atoms with van der Waals surface area (Å²) in [5.41, 5.74) is 2.39. The van der Waals surface area contributed by atoms with Gasteiger partial charge in [-0.1, -0.05) is 30.7 Å². The average Bonchev–Trinajstić information content (AvgIpc) is 2.49. The Balaban J connectivity index is 2.39. The number of halogens is 1. The van der Waals surface area contributed by atoms with Gasteiger partial charge in [-0.05, 0) is 48.7 Å². The molecule has 22 heavy (non-hydrogen) atoms. The van der Waals surface area contributed by atoms with Crippen LogP contribution in [0.5, 0.6) is 5.75 Å². The number of aryl methyl sites for hydroxylation is 2. The maximum atomic E-state index is 12.5. The van der Waals surface area contributed by atoms with Gasteiger partial charge in [0.2, 0.25) is 0 Å². The second kappa shape index (κ2) is 6.58. The Bertz CT molecular complexity index is 771. The largest absolute Gasteiger partial charge is 0.495 e. The predicted octanol–water partition coefficient (Wildman–Crippen LogP) is 4.02. The second-order valence-electron chi connectivity index (χ2n) is 4.91. The molecule has 0 unspecified atom stereocenters. The van der Waals surface area contributed by atoms with Crippen LogP contribution < -0.4 is 9.46 Å². The summed E-state index contributed by atoms with van der Waals surface area (Å²) in [6, 6.07) is 10.3. The first-order chi connectivity index (χ1) is 10.4. The first kappa shape index (κ1) is 16.6. The fourth-order valence-corrected chi connectivity index (χ4v) is 3.49. The van der Waals surface area contributed by atoms with Crippen LogP contribution in [0.3, 0.4) is 0 Å². The quantitative estimate of drug-likeness (QED) is 0.895. The summed E-state index contributed by atoms with van der Waals surface area (Å²) in [6.45, 7) is 3.83. The zero-order valence-electron chi connectivity index (χ0n) is 12.7. The van der Waals surface area contributed by atoms with Crippen molar-refractivity contribution in [1.82, 2.24) is 0 Å². The van der Waals surface area contributed by atoms with Gasteiger partial charge in [0.25, 0.3) is 10.0 Å². The van der Waals surface area contributed by atoms with Crippen molar-refractivity contribution in [3.05, 3.63) is 52.5 Å². The van der Waals surface area contributed by atoms with Gasteiger partial charge in [-0.3, -0.25) is 4.72 Å². The summed E-state index contributed by atoms with van der Waals surface area (Å²) in [6.07, 6.45) is 0.897. The van der Waals surface area contributed by atoms with E-state index in [9.17, 15) is 8.42 Å². The Kier molecular flexibility index (Phi) is 4.98. The lowest BCUT2D eigenvalue weighted by atomic mass is 10.2. The number of benzene rings is 2. The highest BCUT2D eigenvalue weighted by atomic mass is 35.5. The van der Waals surface area contributed by atoms with Crippen LogP contribution >= 0.6 is 11.6 Å². The van der Waals surface area contributed by atoms with Crippen molar-refractivity contribution in [1.29, 1.82) is 0 Å². The molecule has 0 aliphatic carbocycles. The lowest BCUT2D eigenvalue weighted by Crippen LogP contribution is -2.14. The number of hydrogen-bond acceptors (Lipinski definition) is 3. The molecule has 0 atom stereocenters. The van der Waals surface area contributed by atoms with E-state index in [2.05, 4.69) is 4.72 Å². The minimum atomic E-state index is -3.77. The highest BCUT2D eigenvalue weighted by molar-refractivity contribution is 7.92. The fraction of sp³-hybridized carbons (Fsp3) is 0.250. The van der Waals surface area contributed by atoms with E-state index in [0.717, 1.165) is 17.5 Å². The second-order valence-corrected chi connectivity index (χ2v) is 6.97. The van der Waals surface area contributed by atoms with E-state index >= 15 is 0 Å². The summed E-state index contributed by atoms with van der Waals surface area (Å²) in [4.78, 5) is 0.0187. The average molecular weight is 340 g/mol. The monoisotopic (exact) mass is 339 g/mol. The SMILES string of the molecule is CCc1ccc(NS(=O)(=O)c2cc(Cl)c(C)cc2OC)cc1. The summed E-state index contributed by atoms with van der Waals surface area (Å²) in [5, 5.41) is 0.377. The van der Waals surface area contributed by atoms with Gasteiger partial charge in [-0.2, -0.15) is 0 Å². The molecule has 0 amide bonds. The van der Waals surface area contributed by atoms with E-state index in [1.165, 1.54) is 13.2 Å². The van der Waals surface area contributed by atoms with Crippen LogP contribution in [0, 0.1) is 6.92 Å². The summed E-state index contributed by atoms with van der Waals surface area (Å²) in [7, 11) is -2.35. The Morgan fingerprint density at radius 3 is 2.36 bits per heavy atom. The maximum absolute atomic E-state index is 12.5. The summed E-state index contributed by atoms with van der Waals surface area (Å²) in [5.74, 6) is 0.263. The van der Waals surface area contributed by atoms with E-state index in [-0.39, 0.29) is 10.6 Å². The number of anilines is 1. The van der Waals surface area contributed by atoms with E-state index in [0.29, 0.717) is 10.7 Å². The molecule has 0 aliphatic rings. The number of sulfonamides is 1. The molecule has 0 radical (unpaired) electrons. The minimum absolute atomic E-state index is 0.0187. The Hall–Kier alpha value is -1.72. The number of methoxy groups -OCH3 is 1. The van der Waals surface area contributed by atoms with Crippen LogP contribution in [-0.2, 0) is 16.4 Å². The van der Waals surface area contributed by atoms with Crippen molar-refractivity contribution in [3.8, 4) is 5.75 Å². The fourth-order valence-electron chi connectivity index (χ4n) is 2.02. The van der Waals surface area contributed by atoms with Crippen LogP contribution in [-0.4, -0.2) is 15.5 Å². The Morgan fingerprint density at radius 1 is 1.18 bits per heavy atom. The lowest BCUT2D eigenvalue weighted by Gasteiger charge is -2.13. The van der Waals surface area contributed by atoms with Gasteiger partial charge in [-0.15, -0.1) is 0 Å². The molecule has 0 aromatic heterocycles. The van der Waals surface area contributed by atoms with E-state index < -0.39 is 10.0 Å². The topological polar surface area (TPSA) is 55.4 Å². The zero-order chi connectivity index (χ0) is 16.3. The van der Waals surface area contributed by atoms with Gasteiger partial charge in [-0.25, -0.2) is 8.42 Å². The normalized spacial score (nSPS) is 11.3. The summed E-state index contributed by atoms with van der Waals surface area (Å²) >= 11 is 6.04. The zero-order valence-corrected chi connectivity index (χ0v) is 14.3. The van der Waals surface area contributed by atoms with Gasteiger partial charge in [0, 0.05) is 10.7 Å². The van der Waals surface area contributed by atoms with Crippen molar-refractivity contribution in [2.75, 3.05) is 11.8 Å². The first-order valence-electron chi connectivity index (χ1n) is 6.83. The van der Waals surface area contributed by atoms with Gasteiger partial charge < -0.3 is 4.74 Å². The van der Waals surface area contributed by atoms with Crippen LogP contribution in [0.4, 0.5) is 5.69 Å². The molecule has 6 heteroatoms. The third-order valence-electron chi connectivity index (χ3n) is 3.35. The Labute approximate surface area is 136 Å². The molecule has 0 saturated heterocycles. The van der Waals surface area contributed by atoms with E-state index in [4.69, 9.17) is 16.3 Å². The van der Waals surface area contributed by atoms with Crippen LogP contribution in [0.1, 0.15) is 18.1 Å². The molecule has 2 aromatic rings. The van der Waals surface area contributed by atoms with Crippen molar-refractivity contribution >= 4 is 27.3 Å². The highest BCUT2D eigenvalue weighted by Crippen LogP contribution is 2.31. The minimum Gasteiger partial charge on any atom is -0.495 e. The van der Waals surface area contributed by atoms with Crippen LogP contribution in [0.15, 0.2) is 41.3 Å².